The van der Waals surface area contributed by atoms with Crippen molar-refractivity contribution in [1.82, 2.24) is 10.3 Å². The summed E-state index contributed by atoms with van der Waals surface area (Å²) in [6.45, 7) is 7.87. The lowest BCUT2D eigenvalue weighted by atomic mass is 10.2. The van der Waals surface area contributed by atoms with Crippen LogP contribution in [0.2, 0.25) is 0 Å². The second kappa shape index (κ2) is 6.39. The van der Waals surface area contributed by atoms with Crippen molar-refractivity contribution in [3.63, 3.8) is 0 Å². The van der Waals surface area contributed by atoms with Gasteiger partial charge in [0.15, 0.2) is 0 Å². The molecule has 1 aromatic heterocycles. The van der Waals surface area contributed by atoms with Crippen LogP contribution in [0.4, 0.5) is 0 Å². The summed E-state index contributed by atoms with van der Waals surface area (Å²) in [5.74, 6) is 1.12. The van der Waals surface area contributed by atoms with E-state index >= 15 is 0 Å². The van der Waals surface area contributed by atoms with Gasteiger partial charge in [-0.2, -0.15) is 0 Å². The number of carbonyl (C=O) groups excluding carboxylic acids is 1. The van der Waals surface area contributed by atoms with Crippen LogP contribution in [0.15, 0.2) is 10.6 Å². The van der Waals surface area contributed by atoms with Crippen LogP contribution in [0.3, 0.4) is 0 Å². The van der Waals surface area contributed by atoms with E-state index in [1.165, 1.54) is 0 Å². The topological polar surface area (TPSA) is 64.4 Å². The number of aryl methyl sites for hydroxylation is 1. The summed E-state index contributed by atoms with van der Waals surface area (Å²) in [5.41, 5.74) is 0. The summed E-state index contributed by atoms with van der Waals surface area (Å²) < 4.78 is 10.4. The summed E-state index contributed by atoms with van der Waals surface area (Å²) >= 11 is 0. The number of hydrogen-bond acceptors (Lipinski definition) is 5. The van der Waals surface area contributed by atoms with E-state index in [-0.39, 0.29) is 18.1 Å². The Kier molecular flexibility index (Phi) is 5.15. The number of aromatic nitrogens is 1. The van der Waals surface area contributed by atoms with E-state index in [9.17, 15) is 4.79 Å². The number of oxazole rings is 1. The highest BCUT2D eigenvalue weighted by molar-refractivity contribution is 5.75. The fourth-order valence-electron chi connectivity index (χ4n) is 1.54. The van der Waals surface area contributed by atoms with Gasteiger partial charge in [-0.05, 0) is 27.2 Å². The largest absolute Gasteiger partial charge is 0.465 e. The van der Waals surface area contributed by atoms with Crippen molar-refractivity contribution < 1.29 is 13.9 Å². The minimum Gasteiger partial charge on any atom is -0.465 e. The summed E-state index contributed by atoms with van der Waals surface area (Å²) in [6, 6.07) is -0.435. The zero-order valence-corrected chi connectivity index (χ0v) is 10.8. The smallest absolute Gasteiger partial charge is 0.323 e. The quantitative estimate of drug-likeness (QED) is 0.770. The monoisotopic (exact) mass is 240 g/mol. The van der Waals surface area contributed by atoms with Gasteiger partial charge in [-0.1, -0.05) is 6.92 Å². The van der Waals surface area contributed by atoms with Crippen LogP contribution < -0.4 is 5.32 Å². The van der Waals surface area contributed by atoms with E-state index in [1.54, 1.807) is 13.1 Å². The first-order valence-corrected chi connectivity index (χ1v) is 5.93. The molecule has 2 atom stereocenters. The zero-order chi connectivity index (χ0) is 12.8. The second-order valence-electron chi connectivity index (χ2n) is 3.91. The Labute approximate surface area is 102 Å². The average Bonchev–Trinajstić information content (AvgIpc) is 2.72. The van der Waals surface area contributed by atoms with Crippen molar-refractivity contribution >= 4 is 5.97 Å². The number of esters is 1. The van der Waals surface area contributed by atoms with Gasteiger partial charge in [-0.15, -0.1) is 0 Å². The molecule has 0 amide bonds. The number of nitrogens with zero attached hydrogens (tertiary/aromatic N) is 1. The summed E-state index contributed by atoms with van der Waals surface area (Å²) in [7, 11) is 0. The molecule has 0 aromatic carbocycles. The fourth-order valence-corrected chi connectivity index (χ4v) is 1.54. The Morgan fingerprint density at radius 1 is 1.59 bits per heavy atom. The number of nitrogens with one attached hydrogen (secondary N) is 1. The van der Waals surface area contributed by atoms with Crippen LogP contribution in [-0.2, 0) is 9.53 Å². The molecule has 2 unspecified atom stereocenters. The molecule has 17 heavy (non-hydrogen) atoms. The van der Waals surface area contributed by atoms with Crippen molar-refractivity contribution in [2.45, 2.75) is 46.2 Å². The predicted molar refractivity (Wildman–Crippen MR) is 63.5 cm³/mol. The minimum atomic E-state index is -0.322. The predicted octanol–water partition coefficient (Wildman–Crippen LogP) is 1.98. The highest BCUT2D eigenvalue weighted by Crippen LogP contribution is 2.13. The molecule has 0 fully saturated rings. The fraction of sp³-hybridized carbons (Fsp3) is 0.667. The van der Waals surface area contributed by atoms with Crippen LogP contribution in [0, 0.1) is 6.92 Å². The lowest BCUT2D eigenvalue weighted by molar-refractivity contribution is -0.146. The van der Waals surface area contributed by atoms with Gasteiger partial charge >= 0.3 is 5.97 Å². The van der Waals surface area contributed by atoms with Gasteiger partial charge in [-0.3, -0.25) is 10.1 Å². The van der Waals surface area contributed by atoms with Crippen molar-refractivity contribution in [3.8, 4) is 0 Å². The van der Waals surface area contributed by atoms with Gasteiger partial charge in [-0.25, -0.2) is 4.98 Å². The van der Waals surface area contributed by atoms with Gasteiger partial charge in [0.2, 0.25) is 5.89 Å². The molecule has 1 heterocycles. The molecule has 1 rings (SSSR count). The van der Waals surface area contributed by atoms with E-state index in [1.807, 2.05) is 20.8 Å². The minimum absolute atomic E-state index is 0.113. The van der Waals surface area contributed by atoms with Gasteiger partial charge in [0.05, 0.1) is 18.8 Å². The normalized spacial score (nSPS) is 14.4. The maximum Gasteiger partial charge on any atom is 0.323 e. The third-order valence-electron chi connectivity index (χ3n) is 2.44. The maximum atomic E-state index is 11.6. The molecule has 0 aliphatic carbocycles. The second-order valence-corrected chi connectivity index (χ2v) is 3.91. The van der Waals surface area contributed by atoms with E-state index in [4.69, 9.17) is 9.15 Å². The van der Waals surface area contributed by atoms with Crippen LogP contribution in [0.5, 0.6) is 0 Å². The van der Waals surface area contributed by atoms with E-state index in [0.29, 0.717) is 18.9 Å². The summed E-state index contributed by atoms with van der Waals surface area (Å²) in [4.78, 5) is 15.7. The Balaban J connectivity index is 2.59. The summed E-state index contributed by atoms with van der Waals surface area (Å²) in [5, 5.41) is 3.15. The first kappa shape index (κ1) is 13.7. The number of rotatable bonds is 6. The molecule has 5 heteroatoms. The Morgan fingerprint density at radius 3 is 2.76 bits per heavy atom. The molecule has 0 saturated heterocycles. The number of hydrogen-bond donors (Lipinski definition) is 1. The van der Waals surface area contributed by atoms with Crippen molar-refractivity contribution in [2.24, 2.45) is 0 Å². The van der Waals surface area contributed by atoms with Crippen molar-refractivity contribution in [2.75, 3.05) is 6.61 Å². The molecule has 1 N–H and O–H groups in total. The van der Waals surface area contributed by atoms with E-state index < -0.39 is 0 Å². The Bertz CT molecular complexity index is 362. The molecule has 96 valence electrons. The molecule has 0 aliphatic heterocycles. The van der Waals surface area contributed by atoms with Gasteiger partial charge in [0, 0.05) is 0 Å². The SMILES string of the molecule is CCOC(=O)C(CC)NC(C)c1ncc(C)o1. The van der Waals surface area contributed by atoms with Gasteiger partial charge < -0.3 is 9.15 Å². The van der Waals surface area contributed by atoms with E-state index in [2.05, 4.69) is 10.3 Å². The average molecular weight is 240 g/mol. The van der Waals surface area contributed by atoms with Crippen LogP contribution >= 0.6 is 0 Å². The standard InChI is InChI=1S/C12H20N2O3/c1-5-10(12(15)16-6-2)14-9(4)11-13-7-8(3)17-11/h7,9-10,14H,5-6H2,1-4H3. The molecule has 0 radical (unpaired) electrons. The van der Waals surface area contributed by atoms with Crippen molar-refractivity contribution in [1.29, 1.82) is 0 Å². The molecular formula is C12H20N2O3. The zero-order valence-electron chi connectivity index (χ0n) is 10.8. The van der Waals surface area contributed by atoms with Gasteiger partial charge in [0.1, 0.15) is 11.8 Å². The van der Waals surface area contributed by atoms with Crippen LogP contribution in [-0.4, -0.2) is 23.6 Å². The molecule has 0 spiro atoms. The number of carbonyl (C=O) groups is 1. The third kappa shape index (κ3) is 3.85. The van der Waals surface area contributed by atoms with Crippen LogP contribution in [0.1, 0.15) is 44.9 Å². The summed E-state index contributed by atoms with van der Waals surface area (Å²) in [6.07, 6.45) is 2.34. The lowest BCUT2D eigenvalue weighted by Gasteiger charge is -2.18. The van der Waals surface area contributed by atoms with Gasteiger partial charge in [0.25, 0.3) is 0 Å². The Hall–Kier alpha value is -1.36. The first-order valence-electron chi connectivity index (χ1n) is 5.93. The van der Waals surface area contributed by atoms with Crippen LogP contribution in [0.25, 0.3) is 0 Å². The molecule has 0 bridgehead atoms. The highest BCUT2D eigenvalue weighted by atomic mass is 16.5. The molecule has 1 aromatic rings. The number of ether oxygens (including phenoxy) is 1. The lowest BCUT2D eigenvalue weighted by Crippen LogP contribution is -2.39. The first-order chi connectivity index (χ1) is 8.08. The molecular weight excluding hydrogens is 220 g/mol. The van der Waals surface area contributed by atoms with E-state index in [0.717, 1.165) is 5.76 Å². The third-order valence-corrected chi connectivity index (χ3v) is 2.44. The van der Waals surface area contributed by atoms with Crippen molar-refractivity contribution in [3.05, 3.63) is 17.8 Å². The molecule has 5 nitrogen and oxygen atoms in total. The highest BCUT2D eigenvalue weighted by Gasteiger charge is 2.22. The molecule has 0 aliphatic rings. The maximum absolute atomic E-state index is 11.6. The Morgan fingerprint density at radius 2 is 2.29 bits per heavy atom. The molecule has 0 saturated carbocycles.